The zero-order valence-electron chi connectivity index (χ0n) is 16.0. The minimum atomic E-state index is -0.168. The van der Waals surface area contributed by atoms with Crippen molar-refractivity contribution in [2.75, 3.05) is 5.32 Å². The summed E-state index contributed by atoms with van der Waals surface area (Å²) < 4.78 is 1.68. The lowest BCUT2D eigenvalue weighted by molar-refractivity contribution is 0.102. The smallest absolute Gasteiger partial charge is 0.266 e. The highest BCUT2D eigenvalue weighted by Gasteiger charge is 2.16. The summed E-state index contributed by atoms with van der Waals surface area (Å²) in [6.07, 6.45) is 3.32. The largest absolute Gasteiger partial charge is 0.331 e. The summed E-state index contributed by atoms with van der Waals surface area (Å²) in [5, 5.41) is 4.83. The fourth-order valence-corrected chi connectivity index (χ4v) is 3.86. The average Bonchev–Trinajstić information content (AvgIpc) is 3.38. The maximum absolute atomic E-state index is 12.8. The van der Waals surface area contributed by atoms with Crippen molar-refractivity contribution in [3.8, 4) is 11.1 Å². The third-order valence-electron chi connectivity index (χ3n) is 4.66. The standard InChI is InChI=1S/C23H19N3O2S/c1-15-3-5-16(6-4-15)19-11-14-29-21(19)23(28)25-18-9-7-17(8-10-18)20(27)22-24-12-13-26(22)2/h3-14H,1-2H3,(H,25,28). The number of amides is 1. The predicted octanol–water partition coefficient (Wildman–Crippen LogP) is 4.94. The van der Waals surface area contributed by atoms with E-state index in [1.165, 1.54) is 16.9 Å². The highest BCUT2D eigenvalue weighted by atomic mass is 32.1. The molecule has 1 amide bonds. The Labute approximate surface area is 172 Å². The number of hydrogen-bond acceptors (Lipinski definition) is 4. The van der Waals surface area contributed by atoms with Crippen molar-refractivity contribution in [2.24, 2.45) is 7.05 Å². The van der Waals surface area contributed by atoms with Gasteiger partial charge in [-0.1, -0.05) is 29.8 Å². The molecular formula is C23H19N3O2S. The third-order valence-corrected chi connectivity index (χ3v) is 5.58. The van der Waals surface area contributed by atoms with E-state index < -0.39 is 0 Å². The van der Waals surface area contributed by atoms with Gasteiger partial charge in [-0.15, -0.1) is 11.3 Å². The van der Waals surface area contributed by atoms with E-state index in [2.05, 4.69) is 10.3 Å². The number of thiophene rings is 1. The first-order chi connectivity index (χ1) is 14.0. The summed E-state index contributed by atoms with van der Waals surface area (Å²) in [6.45, 7) is 2.03. The van der Waals surface area contributed by atoms with Gasteiger partial charge in [0.15, 0.2) is 5.82 Å². The number of nitrogens with zero attached hydrogens (tertiary/aromatic N) is 2. The third kappa shape index (κ3) is 3.88. The molecule has 4 rings (SSSR count). The van der Waals surface area contributed by atoms with Gasteiger partial charge in [-0.2, -0.15) is 0 Å². The molecule has 0 atom stereocenters. The van der Waals surface area contributed by atoms with E-state index in [9.17, 15) is 9.59 Å². The van der Waals surface area contributed by atoms with E-state index in [4.69, 9.17) is 0 Å². The van der Waals surface area contributed by atoms with Gasteiger partial charge >= 0.3 is 0 Å². The number of hydrogen-bond donors (Lipinski definition) is 1. The van der Waals surface area contributed by atoms with Gasteiger partial charge in [-0.05, 0) is 48.2 Å². The monoisotopic (exact) mass is 401 g/mol. The predicted molar refractivity (Wildman–Crippen MR) is 116 cm³/mol. The molecule has 0 aliphatic heterocycles. The van der Waals surface area contributed by atoms with Gasteiger partial charge in [0, 0.05) is 36.3 Å². The molecule has 2 aromatic carbocycles. The normalized spacial score (nSPS) is 10.7. The molecule has 6 heteroatoms. The van der Waals surface area contributed by atoms with Crippen molar-refractivity contribution in [2.45, 2.75) is 6.92 Å². The number of nitrogens with one attached hydrogen (secondary N) is 1. The molecule has 2 heterocycles. The zero-order valence-corrected chi connectivity index (χ0v) is 16.9. The Balaban J connectivity index is 1.51. The van der Waals surface area contributed by atoms with Crippen LogP contribution in [0, 0.1) is 6.92 Å². The van der Waals surface area contributed by atoms with Crippen molar-refractivity contribution < 1.29 is 9.59 Å². The summed E-state index contributed by atoms with van der Waals surface area (Å²) in [5.41, 5.74) is 4.26. The Morgan fingerprint density at radius 1 is 1.00 bits per heavy atom. The molecule has 4 aromatic rings. The zero-order chi connectivity index (χ0) is 20.4. The van der Waals surface area contributed by atoms with Gasteiger partial charge in [0.25, 0.3) is 5.91 Å². The lowest BCUT2D eigenvalue weighted by atomic mass is 10.0. The molecule has 0 aliphatic carbocycles. The number of imidazole rings is 1. The summed E-state index contributed by atoms with van der Waals surface area (Å²) in [4.78, 5) is 30.1. The Morgan fingerprint density at radius 2 is 1.72 bits per heavy atom. The first-order valence-corrected chi connectivity index (χ1v) is 9.99. The number of aryl methyl sites for hydroxylation is 2. The summed E-state index contributed by atoms with van der Waals surface area (Å²) in [5.74, 6) is 0.0529. The Morgan fingerprint density at radius 3 is 2.38 bits per heavy atom. The molecule has 0 unspecified atom stereocenters. The summed E-state index contributed by atoms with van der Waals surface area (Å²) >= 11 is 1.41. The number of carbonyl (C=O) groups excluding carboxylic acids is 2. The Bertz CT molecular complexity index is 1170. The van der Waals surface area contributed by atoms with Crippen LogP contribution in [0.2, 0.25) is 0 Å². The highest BCUT2D eigenvalue weighted by molar-refractivity contribution is 7.12. The van der Waals surface area contributed by atoms with E-state index in [1.54, 1.807) is 48.3 Å². The van der Waals surface area contributed by atoms with E-state index in [0.29, 0.717) is 22.0 Å². The maximum atomic E-state index is 12.8. The van der Waals surface area contributed by atoms with E-state index in [1.807, 2.05) is 42.6 Å². The maximum Gasteiger partial charge on any atom is 0.266 e. The first-order valence-electron chi connectivity index (χ1n) is 9.11. The molecular weight excluding hydrogens is 382 g/mol. The highest BCUT2D eigenvalue weighted by Crippen LogP contribution is 2.29. The van der Waals surface area contributed by atoms with Gasteiger partial charge in [-0.25, -0.2) is 4.98 Å². The number of anilines is 1. The molecule has 0 fully saturated rings. The van der Waals surface area contributed by atoms with Gasteiger partial charge in [0.1, 0.15) is 0 Å². The first kappa shape index (κ1) is 18.8. The van der Waals surface area contributed by atoms with Crippen LogP contribution in [-0.4, -0.2) is 21.2 Å². The molecule has 0 aliphatic rings. The van der Waals surface area contributed by atoms with Crippen molar-refractivity contribution in [1.82, 2.24) is 9.55 Å². The molecule has 0 saturated carbocycles. The SMILES string of the molecule is Cc1ccc(-c2ccsc2C(=O)Nc2ccc(C(=O)c3nccn3C)cc2)cc1. The second-order valence-corrected chi connectivity index (χ2v) is 7.67. The second-order valence-electron chi connectivity index (χ2n) is 6.75. The second kappa shape index (κ2) is 7.85. The van der Waals surface area contributed by atoms with Crippen molar-refractivity contribution in [1.29, 1.82) is 0 Å². The molecule has 0 bridgehead atoms. The van der Waals surface area contributed by atoms with Gasteiger partial charge in [0.05, 0.1) is 4.88 Å². The number of rotatable bonds is 5. The van der Waals surface area contributed by atoms with E-state index in [0.717, 1.165) is 11.1 Å². The topological polar surface area (TPSA) is 64.0 Å². The van der Waals surface area contributed by atoms with Crippen molar-refractivity contribution >= 4 is 28.7 Å². The van der Waals surface area contributed by atoms with Crippen LogP contribution in [0.4, 0.5) is 5.69 Å². The van der Waals surface area contributed by atoms with Crippen LogP contribution in [-0.2, 0) is 7.05 Å². The van der Waals surface area contributed by atoms with Crippen LogP contribution >= 0.6 is 11.3 Å². The fourth-order valence-electron chi connectivity index (χ4n) is 3.05. The summed E-state index contributed by atoms with van der Waals surface area (Å²) in [7, 11) is 1.78. The van der Waals surface area contributed by atoms with E-state index in [-0.39, 0.29) is 11.7 Å². The number of ketones is 1. The van der Waals surface area contributed by atoms with Crippen LogP contribution in [0.3, 0.4) is 0 Å². The van der Waals surface area contributed by atoms with Gasteiger partial charge in [-0.3, -0.25) is 9.59 Å². The molecule has 0 saturated heterocycles. The minimum absolute atomic E-state index is 0.157. The fraction of sp³-hybridized carbons (Fsp3) is 0.0870. The average molecular weight is 401 g/mol. The van der Waals surface area contributed by atoms with Crippen LogP contribution in [0.25, 0.3) is 11.1 Å². The quantitative estimate of drug-likeness (QED) is 0.482. The van der Waals surface area contributed by atoms with Crippen molar-refractivity contribution in [3.05, 3.63) is 94.2 Å². The molecule has 1 N–H and O–H groups in total. The van der Waals surface area contributed by atoms with Gasteiger partial charge in [0.2, 0.25) is 5.78 Å². The molecule has 144 valence electrons. The Hall–Kier alpha value is -3.51. The molecule has 2 aromatic heterocycles. The minimum Gasteiger partial charge on any atom is -0.331 e. The number of carbonyl (C=O) groups is 2. The summed E-state index contributed by atoms with van der Waals surface area (Å²) in [6, 6.07) is 16.9. The molecule has 0 radical (unpaired) electrons. The number of benzene rings is 2. The lowest BCUT2D eigenvalue weighted by Crippen LogP contribution is -2.12. The lowest BCUT2D eigenvalue weighted by Gasteiger charge is -2.08. The van der Waals surface area contributed by atoms with Crippen LogP contribution in [0.1, 0.15) is 31.4 Å². The van der Waals surface area contributed by atoms with E-state index >= 15 is 0 Å². The molecule has 0 spiro atoms. The van der Waals surface area contributed by atoms with Crippen molar-refractivity contribution in [3.63, 3.8) is 0 Å². The molecule has 29 heavy (non-hydrogen) atoms. The van der Waals surface area contributed by atoms with Crippen LogP contribution < -0.4 is 5.32 Å². The van der Waals surface area contributed by atoms with Crippen LogP contribution in [0.15, 0.2) is 72.4 Å². The Kier molecular flexibility index (Phi) is 5.10. The number of aromatic nitrogens is 2. The molecule has 5 nitrogen and oxygen atoms in total. The van der Waals surface area contributed by atoms with Crippen LogP contribution in [0.5, 0.6) is 0 Å². The van der Waals surface area contributed by atoms with Gasteiger partial charge < -0.3 is 9.88 Å².